The Labute approximate surface area is 205 Å². The maximum absolute atomic E-state index is 14.2. The van der Waals surface area contributed by atoms with Crippen LogP contribution in [-0.2, 0) is 0 Å². The van der Waals surface area contributed by atoms with Gasteiger partial charge in [-0.1, -0.05) is 83.6 Å². The molecule has 4 unspecified atom stereocenters. The van der Waals surface area contributed by atoms with Crippen molar-refractivity contribution < 1.29 is 17.9 Å². The van der Waals surface area contributed by atoms with E-state index in [0.29, 0.717) is 5.92 Å². The van der Waals surface area contributed by atoms with E-state index in [2.05, 4.69) is 11.7 Å². The fourth-order valence-electron chi connectivity index (χ4n) is 7.48. The van der Waals surface area contributed by atoms with Crippen LogP contribution >= 0.6 is 0 Å². The van der Waals surface area contributed by atoms with Crippen LogP contribution in [0.1, 0.15) is 121 Å². The van der Waals surface area contributed by atoms with Gasteiger partial charge in [0.05, 0.1) is 0 Å². The molecule has 192 valence electrons. The van der Waals surface area contributed by atoms with Crippen LogP contribution in [0.2, 0.25) is 0 Å². The number of hydrogen-bond donors (Lipinski definition) is 0. The molecule has 0 bridgehead atoms. The van der Waals surface area contributed by atoms with E-state index in [1.807, 2.05) is 0 Å². The number of alkyl halides is 2. The zero-order valence-electron chi connectivity index (χ0n) is 21.1. The quantitative estimate of drug-likeness (QED) is 0.304. The van der Waals surface area contributed by atoms with E-state index in [-0.39, 0.29) is 5.75 Å². The number of rotatable bonds is 10. The summed E-state index contributed by atoms with van der Waals surface area (Å²) in [4.78, 5) is 0. The van der Waals surface area contributed by atoms with Gasteiger partial charge in [-0.15, -0.1) is 0 Å². The Bertz CT molecular complexity index is 743. The highest BCUT2D eigenvalue weighted by atomic mass is 19.3. The molecule has 4 rings (SSSR count). The molecule has 1 aromatic carbocycles. The maximum atomic E-state index is 14.2. The summed E-state index contributed by atoms with van der Waals surface area (Å²) in [5, 5.41) is 0. The number of benzene rings is 1. The first-order valence-electron chi connectivity index (χ1n) is 14.3. The first-order valence-corrected chi connectivity index (χ1v) is 14.3. The Balaban J connectivity index is 1.18. The van der Waals surface area contributed by atoms with Gasteiger partial charge >= 0.3 is 6.61 Å². The van der Waals surface area contributed by atoms with Gasteiger partial charge in [-0.3, -0.25) is 0 Å². The molecule has 3 fully saturated rings. The normalized spacial score (nSPS) is 31.9. The third-order valence-electron chi connectivity index (χ3n) is 9.53. The molecule has 4 atom stereocenters. The molecular weight excluding hydrogens is 433 g/mol. The van der Waals surface area contributed by atoms with E-state index in [1.165, 1.54) is 102 Å². The summed E-state index contributed by atoms with van der Waals surface area (Å²) >= 11 is 0. The Morgan fingerprint density at radius 3 is 2.15 bits per heavy atom. The highest BCUT2D eigenvalue weighted by Gasteiger charge is 2.36. The summed E-state index contributed by atoms with van der Waals surface area (Å²) in [5.41, 5.74) is 0.949. The number of fused-ring (bicyclic) bond motifs is 1. The maximum Gasteiger partial charge on any atom is 0.387 e. The Morgan fingerprint density at radius 1 is 0.794 bits per heavy atom. The Kier molecular flexibility index (Phi) is 9.65. The van der Waals surface area contributed by atoms with Gasteiger partial charge < -0.3 is 4.74 Å². The van der Waals surface area contributed by atoms with Crippen LogP contribution < -0.4 is 4.74 Å². The second kappa shape index (κ2) is 12.7. The van der Waals surface area contributed by atoms with Crippen molar-refractivity contribution >= 4 is 0 Å². The molecule has 0 spiro atoms. The molecule has 0 radical (unpaired) electrons. The lowest BCUT2D eigenvalue weighted by Gasteiger charge is -2.43. The summed E-state index contributed by atoms with van der Waals surface area (Å²) < 4.78 is 43.3. The van der Waals surface area contributed by atoms with Crippen LogP contribution in [-0.4, -0.2) is 6.61 Å². The predicted octanol–water partition coefficient (Wildman–Crippen LogP) is 9.89. The van der Waals surface area contributed by atoms with Crippen LogP contribution in [0.25, 0.3) is 0 Å². The van der Waals surface area contributed by atoms with Crippen molar-refractivity contribution in [3.05, 3.63) is 29.6 Å². The third-order valence-corrected chi connectivity index (χ3v) is 9.53. The van der Waals surface area contributed by atoms with Crippen molar-refractivity contribution in [1.82, 2.24) is 0 Å². The lowest BCUT2D eigenvalue weighted by Crippen LogP contribution is -2.30. The number of halogens is 3. The van der Waals surface area contributed by atoms with Crippen molar-refractivity contribution in [2.45, 2.75) is 122 Å². The monoisotopic (exact) mass is 478 g/mol. The third kappa shape index (κ3) is 7.17. The fourth-order valence-corrected chi connectivity index (χ4v) is 7.48. The largest absolute Gasteiger partial charge is 0.432 e. The standard InChI is InChI=1S/C30H45F3O/c1-2-3-4-5-21-6-8-22(9-7-21)10-11-23-12-13-25-19-26(15-14-24(25)18-23)27-16-17-29(28(31)20-27)34-30(32)33/h16-17,20-26,30H,2-15,18-19H2,1H3. The average Bonchev–Trinajstić information content (AvgIpc) is 2.84. The van der Waals surface area contributed by atoms with E-state index in [0.717, 1.165) is 48.0 Å². The second-order valence-electron chi connectivity index (χ2n) is 11.7. The van der Waals surface area contributed by atoms with Crippen molar-refractivity contribution in [3.63, 3.8) is 0 Å². The molecular formula is C30H45F3O. The molecule has 0 aliphatic heterocycles. The molecule has 0 heterocycles. The van der Waals surface area contributed by atoms with Gasteiger partial charge in [-0.05, 0) is 85.3 Å². The smallest absolute Gasteiger partial charge is 0.387 e. The van der Waals surface area contributed by atoms with Crippen LogP contribution in [0.15, 0.2) is 18.2 Å². The van der Waals surface area contributed by atoms with Crippen molar-refractivity contribution in [2.75, 3.05) is 0 Å². The average molecular weight is 479 g/mol. The summed E-state index contributed by atoms with van der Waals surface area (Å²) in [6.45, 7) is -0.691. The second-order valence-corrected chi connectivity index (χ2v) is 11.7. The minimum absolute atomic E-state index is 0.348. The van der Waals surface area contributed by atoms with Gasteiger partial charge in [0, 0.05) is 0 Å². The van der Waals surface area contributed by atoms with Crippen LogP contribution in [0.5, 0.6) is 5.75 Å². The van der Waals surface area contributed by atoms with E-state index in [1.54, 1.807) is 6.07 Å². The molecule has 4 heteroatoms. The molecule has 3 aliphatic rings. The van der Waals surface area contributed by atoms with E-state index in [4.69, 9.17) is 0 Å². The minimum Gasteiger partial charge on any atom is -0.432 e. The fraction of sp³-hybridized carbons (Fsp3) is 0.800. The van der Waals surface area contributed by atoms with Gasteiger partial charge in [0.15, 0.2) is 11.6 Å². The van der Waals surface area contributed by atoms with Crippen molar-refractivity contribution in [3.8, 4) is 5.75 Å². The molecule has 0 amide bonds. The van der Waals surface area contributed by atoms with Gasteiger partial charge in [-0.2, -0.15) is 8.78 Å². The first kappa shape index (κ1) is 25.9. The lowest BCUT2D eigenvalue weighted by molar-refractivity contribution is -0.0522. The van der Waals surface area contributed by atoms with Gasteiger partial charge in [-0.25, -0.2) is 4.39 Å². The number of ether oxygens (including phenoxy) is 1. The molecule has 1 aromatic rings. The SMILES string of the molecule is CCCCCC1CCC(CCC2CCC3CC(c4ccc(OC(F)F)c(F)c4)CCC3C2)CC1. The topological polar surface area (TPSA) is 9.23 Å². The summed E-state index contributed by atoms with van der Waals surface area (Å²) in [5.74, 6) is 3.79. The van der Waals surface area contributed by atoms with Crippen LogP contribution in [0, 0.1) is 35.4 Å². The summed E-state index contributed by atoms with van der Waals surface area (Å²) in [6.07, 6.45) is 21.9. The zero-order valence-corrected chi connectivity index (χ0v) is 21.1. The van der Waals surface area contributed by atoms with Crippen LogP contribution in [0.4, 0.5) is 13.2 Å². The molecule has 0 N–H and O–H groups in total. The molecule has 1 nitrogen and oxygen atoms in total. The summed E-state index contributed by atoms with van der Waals surface area (Å²) in [6, 6.07) is 4.58. The molecule has 0 aromatic heterocycles. The molecule has 34 heavy (non-hydrogen) atoms. The predicted molar refractivity (Wildman–Crippen MR) is 133 cm³/mol. The molecule has 0 saturated heterocycles. The Morgan fingerprint density at radius 2 is 1.44 bits per heavy atom. The highest BCUT2D eigenvalue weighted by Crippen LogP contribution is 2.49. The van der Waals surface area contributed by atoms with E-state index < -0.39 is 12.4 Å². The van der Waals surface area contributed by atoms with Crippen LogP contribution in [0.3, 0.4) is 0 Å². The van der Waals surface area contributed by atoms with Crippen molar-refractivity contribution in [1.29, 1.82) is 0 Å². The van der Waals surface area contributed by atoms with Gasteiger partial charge in [0.1, 0.15) is 0 Å². The first-order chi connectivity index (χ1) is 16.5. The van der Waals surface area contributed by atoms with E-state index >= 15 is 0 Å². The van der Waals surface area contributed by atoms with Gasteiger partial charge in [0.2, 0.25) is 0 Å². The van der Waals surface area contributed by atoms with E-state index in [9.17, 15) is 13.2 Å². The zero-order chi connectivity index (χ0) is 23.9. The molecule has 3 aliphatic carbocycles. The highest BCUT2D eigenvalue weighted by molar-refractivity contribution is 5.31. The summed E-state index contributed by atoms with van der Waals surface area (Å²) in [7, 11) is 0. The minimum atomic E-state index is -2.99. The lowest BCUT2D eigenvalue weighted by atomic mass is 9.63. The number of unbranched alkanes of at least 4 members (excludes halogenated alkanes) is 2. The van der Waals surface area contributed by atoms with Gasteiger partial charge in [0.25, 0.3) is 0 Å². The van der Waals surface area contributed by atoms with Crippen molar-refractivity contribution in [2.24, 2.45) is 29.6 Å². The molecule has 3 saturated carbocycles. The Hall–Kier alpha value is -1.19. The number of hydrogen-bond acceptors (Lipinski definition) is 1.